The van der Waals surface area contributed by atoms with Gasteiger partial charge in [-0.2, -0.15) is 0 Å². The second kappa shape index (κ2) is 9.44. The Morgan fingerprint density at radius 2 is 1.75 bits per heavy atom. The molecule has 0 aromatic rings. The Labute approximate surface area is 118 Å². The predicted molar refractivity (Wildman–Crippen MR) is 72.7 cm³/mol. The molecule has 0 aliphatic carbocycles. The van der Waals surface area contributed by atoms with E-state index >= 15 is 0 Å². The molecule has 1 heterocycles. The van der Waals surface area contributed by atoms with E-state index in [2.05, 4.69) is 16.0 Å². The summed E-state index contributed by atoms with van der Waals surface area (Å²) in [6, 6.07) is 0. The lowest BCUT2D eigenvalue weighted by Crippen LogP contribution is -2.46. The largest absolute Gasteiger partial charge is 0.396 e. The number of hydrogen-bond acceptors (Lipinski definition) is 5. The monoisotopic (exact) mass is 285 g/mol. The summed E-state index contributed by atoms with van der Waals surface area (Å²) in [5.74, 6) is -2.24. The van der Waals surface area contributed by atoms with E-state index in [1.54, 1.807) is 0 Å². The minimum Gasteiger partial charge on any atom is -0.396 e. The van der Waals surface area contributed by atoms with Crippen molar-refractivity contribution in [3.05, 3.63) is 0 Å². The Morgan fingerprint density at radius 3 is 2.40 bits per heavy atom. The van der Waals surface area contributed by atoms with E-state index < -0.39 is 11.8 Å². The van der Waals surface area contributed by atoms with Crippen LogP contribution in [0, 0.1) is 5.92 Å². The van der Waals surface area contributed by atoms with Gasteiger partial charge in [0.2, 0.25) is 5.91 Å². The molecule has 3 amide bonds. The van der Waals surface area contributed by atoms with Gasteiger partial charge in [-0.05, 0) is 45.2 Å². The van der Waals surface area contributed by atoms with Crippen molar-refractivity contribution < 1.29 is 19.5 Å². The van der Waals surface area contributed by atoms with Gasteiger partial charge in [-0.15, -0.1) is 0 Å². The fourth-order valence-corrected chi connectivity index (χ4v) is 2.05. The summed E-state index contributed by atoms with van der Waals surface area (Å²) >= 11 is 0. The van der Waals surface area contributed by atoms with Crippen molar-refractivity contribution in [3.8, 4) is 0 Å². The van der Waals surface area contributed by atoms with E-state index in [1.165, 1.54) is 0 Å². The van der Waals surface area contributed by atoms with Gasteiger partial charge >= 0.3 is 11.8 Å². The quantitative estimate of drug-likeness (QED) is 0.366. The van der Waals surface area contributed by atoms with Gasteiger partial charge in [0.25, 0.3) is 0 Å². The lowest BCUT2D eigenvalue weighted by Gasteiger charge is -2.21. The number of unbranched alkanes of at least 4 members (excludes halogenated alkanes) is 2. The molecule has 1 rings (SSSR count). The second-order valence-corrected chi connectivity index (χ2v) is 4.88. The van der Waals surface area contributed by atoms with Crippen molar-refractivity contribution in [1.29, 1.82) is 0 Å². The molecule has 0 spiro atoms. The molecule has 1 saturated heterocycles. The third-order valence-corrected chi connectivity index (χ3v) is 3.27. The summed E-state index contributed by atoms with van der Waals surface area (Å²) in [6.45, 7) is 2.00. The van der Waals surface area contributed by atoms with E-state index in [-0.39, 0.29) is 18.4 Å². The van der Waals surface area contributed by atoms with Gasteiger partial charge in [0.1, 0.15) is 0 Å². The number of piperidine rings is 1. The third kappa shape index (κ3) is 6.12. The smallest absolute Gasteiger partial charge is 0.315 e. The van der Waals surface area contributed by atoms with E-state index in [1.807, 2.05) is 0 Å². The number of carbonyl (C=O) groups excluding carboxylic acids is 3. The van der Waals surface area contributed by atoms with Gasteiger partial charge in [-0.25, -0.2) is 0 Å². The minimum absolute atomic E-state index is 0.124. The third-order valence-electron chi connectivity index (χ3n) is 3.27. The molecule has 1 aliphatic rings. The lowest BCUT2D eigenvalue weighted by atomic mass is 9.97. The lowest BCUT2D eigenvalue weighted by molar-refractivity contribution is -0.143. The Balaban J connectivity index is 2.20. The molecule has 0 aromatic carbocycles. The van der Waals surface area contributed by atoms with Gasteiger partial charge < -0.3 is 15.7 Å². The number of carbonyl (C=O) groups is 3. The summed E-state index contributed by atoms with van der Waals surface area (Å²) in [6.07, 6.45) is 3.52. The van der Waals surface area contributed by atoms with E-state index in [0.717, 1.165) is 19.5 Å². The highest BCUT2D eigenvalue weighted by molar-refractivity contribution is 6.37. The minimum atomic E-state index is -0.893. The molecule has 1 fully saturated rings. The highest BCUT2D eigenvalue weighted by Crippen LogP contribution is 2.11. The molecule has 114 valence electrons. The molecule has 0 aromatic heterocycles. The summed E-state index contributed by atoms with van der Waals surface area (Å²) in [5, 5.41) is 16.3. The van der Waals surface area contributed by atoms with Crippen molar-refractivity contribution in [2.45, 2.75) is 32.1 Å². The Morgan fingerprint density at radius 1 is 1.05 bits per heavy atom. The molecule has 7 nitrogen and oxygen atoms in total. The molecule has 4 N–H and O–H groups in total. The van der Waals surface area contributed by atoms with Crippen LogP contribution < -0.4 is 16.0 Å². The Hall–Kier alpha value is -1.47. The zero-order valence-corrected chi connectivity index (χ0v) is 11.6. The topological polar surface area (TPSA) is 108 Å². The van der Waals surface area contributed by atoms with Crippen LogP contribution >= 0.6 is 0 Å². The second-order valence-electron chi connectivity index (χ2n) is 4.88. The SMILES string of the molecule is O=C(NCCCCCO)C(=O)NC(=O)C1CCNCC1. The number of hydrogen-bond donors (Lipinski definition) is 4. The molecule has 0 unspecified atom stereocenters. The first-order valence-corrected chi connectivity index (χ1v) is 7.09. The van der Waals surface area contributed by atoms with Crippen molar-refractivity contribution in [2.75, 3.05) is 26.2 Å². The maximum atomic E-state index is 11.8. The first-order valence-electron chi connectivity index (χ1n) is 7.09. The average Bonchev–Trinajstić information content (AvgIpc) is 2.47. The number of aliphatic hydroxyl groups is 1. The first kappa shape index (κ1) is 16.6. The zero-order chi connectivity index (χ0) is 14.8. The number of rotatable bonds is 6. The maximum absolute atomic E-state index is 11.8. The van der Waals surface area contributed by atoms with E-state index in [9.17, 15) is 14.4 Å². The molecule has 7 heteroatoms. The number of amides is 3. The first-order chi connectivity index (χ1) is 9.65. The summed E-state index contributed by atoms with van der Waals surface area (Å²) in [4.78, 5) is 34.7. The zero-order valence-electron chi connectivity index (χ0n) is 11.6. The van der Waals surface area contributed by atoms with Gasteiger partial charge in [-0.1, -0.05) is 0 Å². The van der Waals surface area contributed by atoms with Crippen LogP contribution in [0.5, 0.6) is 0 Å². The summed E-state index contributed by atoms with van der Waals surface area (Å²) < 4.78 is 0. The van der Waals surface area contributed by atoms with Gasteiger partial charge in [-0.3, -0.25) is 19.7 Å². The Kier molecular flexibility index (Phi) is 7.82. The van der Waals surface area contributed by atoms with Crippen LogP contribution in [0.4, 0.5) is 0 Å². The van der Waals surface area contributed by atoms with Crippen molar-refractivity contribution in [2.24, 2.45) is 5.92 Å². The number of aliphatic hydroxyl groups excluding tert-OH is 1. The number of imide groups is 1. The van der Waals surface area contributed by atoms with Crippen LogP contribution in [-0.2, 0) is 14.4 Å². The van der Waals surface area contributed by atoms with Crippen LogP contribution in [0.2, 0.25) is 0 Å². The summed E-state index contributed by atoms with van der Waals surface area (Å²) in [5.41, 5.74) is 0. The van der Waals surface area contributed by atoms with E-state index in [4.69, 9.17) is 5.11 Å². The van der Waals surface area contributed by atoms with Gasteiger partial charge in [0.15, 0.2) is 0 Å². The highest BCUT2D eigenvalue weighted by Gasteiger charge is 2.24. The van der Waals surface area contributed by atoms with Crippen LogP contribution in [0.15, 0.2) is 0 Å². The molecule has 20 heavy (non-hydrogen) atoms. The van der Waals surface area contributed by atoms with Crippen LogP contribution in [0.3, 0.4) is 0 Å². The molecular weight excluding hydrogens is 262 g/mol. The predicted octanol–water partition coefficient (Wildman–Crippen LogP) is -1.09. The van der Waals surface area contributed by atoms with Crippen LogP contribution in [0.1, 0.15) is 32.1 Å². The Bertz CT molecular complexity index is 341. The molecular formula is C13H23N3O4. The normalized spacial score (nSPS) is 15.7. The van der Waals surface area contributed by atoms with Gasteiger partial charge in [0.05, 0.1) is 0 Å². The molecule has 0 bridgehead atoms. The fourth-order valence-electron chi connectivity index (χ4n) is 2.05. The van der Waals surface area contributed by atoms with E-state index in [0.29, 0.717) is 32.2 Å². The van der Waals surface area contributed by atoms with Crippen molar-refractivity contribution >= 4 is 17.7 Å². The van der Waals surface area contributed by atoms with Crippen molar-refractivity contribution in [3.63, 3.8) is 0 Å². The van der Waals surface area contributed by atoms with Gasteiger partial charge in [0, 0.05) is 19.1 Å². The summed E-state index contributed by atoms with van der Waals surface area (Å²) in [7, 11) is 0. The highest BCUT2D eigenvalue weighted by atomic mass is 16.3. The maximum Gasteiger partial charge on any atom is 0.315 e. The molecule has 0 atom stereocenters. The average molecular weight is 285 g/mol. The fraction of sp³-hybridized carbons (Fsp3) is 0.769. The van der Waals surface area contributed by atoms with Crippen LogP contribution in [0.25, 0.3) is 0 Å². The standard InChI is InChI=1S/C13H23N3O4/c17-9-3-1-2-6-15-12(19)13(20)16-11(18)10-4-7-14-8-5-10/h10,14,17H,1-9H2,(H,15,19)(H,16,18,20). The molecule has 0 saturated carbocycles. The van der Waals surface area contributed by atoms with Crippen molar-refractivity contribution in [1.82, 2.24) is 16.0 Å². The molecule has 0 radical (unpaired) electrons. The number of nitrogens with one attached hydrogen (secondary N) is 3. The van der Waals surface area contributed by atoms with Crippen LogP contribution in [-0.4, -0.2) is 49.1 Å². The molecule has 1 aliphatic heterocycles.